The zero-order chi connectivity index (χ0) is 18.4. The van der Waals surface area contributed by atoms with Crippen LogP contribution in [0.5, 0.6) is 0 Å². The molecule has 25 heavy (non-hydrogen) atoms. The number of nitrogens with one attached hydrogen (secondary N) is 1. The van der Waals surface area contributed by atoms with Crippen molar-refractivity contribution in [1.29, 1.82) is 10.5 Å². The Hall–Kier alpha value is -3.39. The molecule has 0 aliphatic heterocycles. The van der Waals surface area contributed by atoms with E-state index in [1.165, 1.54) is 4.57 Å². The maximum absolute atomic E-state index is 9.09. The number of aromatic nitrogens is 2. The standard InChI is InChI=1S/C17H20N8/c1-5-25(6-2)12-7-8-13(14(9-12)20-3)22-23-17-21-15(10-18)16(11-19)24(17)4/h7-9,20H,5-6H2,1-4H3. The average Bonchev–Trinajstić information content (AvgIpc) is 2.96. The van der Waals surface area contributed by atoms with E-state index in [0.29, 0.717) is 5.69 Å². The van der Waals surface area contributed by atoms with Gasteiger partial charge in [-0.25, -0.2) is 0 Å². The molecule has 0 aliphatic carbocycles. The Labute approximate surface area is 147 Å². The third-order valence-electron chi connectivity index (χ3n) is 3.91. The molecular formula is C17H20N8. The summed E-state index contributed by atoms with van der Waals surface area (Å²) in [6.07, 6.45) is 0. The Bertz CT molecular complexity index is 862. The van der Waals surface area contributed by atoms with Gasteiger partial charge < -0.3 is 14.8 Å². The van der Waals surface area contributed by atoms with Crippen LogP contribution in [-0.2, 0) is 7.05 Å². The van der Waals surface area contributed by atoms with Crippen LogP contribution < -0.4 is 10.2 Å². The summed E-state index contributed by atoms with van der Waals surface area (Å²) in [4.78, 5) is 6.27. The Morgan fingerprint density at radius 2 is 1.92 bits per heavy atom. The second-order valence-electron chi connectivity index (χ2n) is 5.22. The lowest BCUT2D eigenvalue weighted by Crippen LogP contribution is -2.21. The van der Waals surface area contributed by atoms with Crippen molar-refractivity contribution in [3.05, 3.63) is 29.6 Å². The fourth-order valence-corrected chi connectivity index (χ4v) is 2.48. The fraction of sp³-hybridized carbons (Fsp3) is 0.353. The average molecular weight is 336 g/mol. The lowest BCUT2D eigenvalue weighted by Gasteiger charge is -2.22. The SMILES string of the molecule is CCN(CC)c1ccc(N=Nc2nc(C#N)c(C#N)n2C)c(NC)c1. The van der Waals surface area contributed by atoms with Crippen LogP contribution in [0.1, 0.15) is 25.2 Å². The minimum absolute atomic E-state index is 0.0460. The van der Waals surface area contributed by atoms with Crippen molar-refractivity contribution in [1.82, 2.24) is 9.55 Å². The van der Waals surface area contributed by atoms with Gasteiger partial charge >= 0.3 is 0 Å². The van der Waals surface area contributed by atoms with Crippen LogP contribution in [0.2, 0.25) is 0 Å². The molecule has 0 aliphatic rings. The Morgan fingerprint density at radius 3 is 2.44 bits per heavy atom. The van der Waals surface area contributed by atoms with Gasteiger partial charge in [-0.05, 0) is 32.0 Å². The molecule has 8 heteroatoms. The molecule has 0 bridgehead atoms. The molecule has 1 aromatic carbocycles. The minimum Gasteiger partial charge on any atom is -0.386 e. The summed E-state index contributed by atoms with van der Waals surface area (Å²) in [6.45, 7) is 6.05. The highest BCUT2D eigenvalue weighted by Gasteiger charge is 2.14. The van der Waals surface area contributed by atoms with E-state index in [-0.39, 0.29) is 17.3 Å². The topological polar surface area (TPSA) is 105 Å². The summed E-state index contributed by atoms with van der Waals surface area (Å²) in [5.74, 6) is 0.211. The first-order chi connectivity index (χ1) is 12.1. The van der Waals surface area contributed by atoms with Crippen LogP contribution in [0.15, 0.2) is 28.4 Å². The molecule has 1 N–H and O–H groups in total. The first-order valence-electron chi connectivity index (χ1n) is 7.94. The molecule has 0 saturated heterocycles. The number of benzene rings is 1. The van der Waals surface area contributed by atoms with E-state index in [1.807, 2.05) is 37.4 Å². The number of azo groups is 1. The maximum atomic E-state index is 9.09. The third kappa shape index (κ3) is 3.59. The second kappa shape index (κ2) is 7.93. The molecule has 0 spiro atoms. The zero-order valence-electron chi connectivity index (χ0n) is 14.8. The Balaban J connectivity index is 2.38. The molecule has 0 saturated carbocycles. The molecule has 2 rings (SSSR count). The largest absolute Gasteiger partial charge is 0.386 e. The molecule has 0 radical (unpaired) electrons. The molecule has 0 amide bonds. The van der Waals surface area contributed by atoms with Gasteiger partial charge in [0.15, 0.2) is 11.4 Å². The number of rotatable bonds is 6. The van der Waals surface area contributed by atoms with Crippen LogP contribution in [-0.4, -0.2) is 29.7 Å². The van der Waals surface area contributed by atoms with Crippen LogP contribution in [0.25, 0.3) is 0 Å². The maximum Gasteiger partial charge on any atom is 0.251 e. The minimum atomic E-state index is 0.0460. The van der Waals surface area contributed by atoms with E-state index < -0.39 is 0 Å². The van der Waals surface area contributed by atoms with Gasteiger partial charge in [-0.15, -0.1) is 10.2 Å². The first-order valence-corrected chi connectivity index (χ1v) is 7.94. The summed E-state index contributed by atoms with van der Waals surface area (Å²) < 4.78 is 1.45. The fourth-order valence-electron chi connectivity index (χ4n) is 2.48. The molecule has 0 fully saturated rings. The highest BCUT2D eigenvalue weighted by Crippen LogP contribution is 2.31. The summed E-state index contributed by atoms with van der Waals surface area (Å²) in [7, 11) is 3.45. The van der Waals surface area contributed by atoms with Gasteiger partial charge in [-0.2, -0.15) is 15.5 Å². The van der Waals surface area contributed by atoms with Crippen LogP contribution in [0.3, 0.4) is 0 Å². The number of hydrogen-bond acceptors (Lipinski definition) is 7. The molecule has 128 valence electrons. The van der Waals surface area contributed by atoms with Crippen molar-refractivity contribution in [2.75, 3.05) is 30.4 Å². The van der Waals surface area contributed by atoms with Crippen LogP contribution in [0.4, 0.5) is 23.0 Å². The van der Waals surface area contributed by atoms with Gasteiger partial charge in [0.05, 0.1) is 5.69 Å². The van der Waals surface area contributed by atoms with Crippen molar-refractivity contribution in [2.45, 2.75) is 13.8 Å². The van der Waals surface area contributed by atoms with Crippen LogP contribution >= 0.6 is 0 Å². The second-order valence-corrected chi connectivity index (χ2v) is 5.22. The molecular weight excluding hydrogens is 316 g/mol. The van der Waals surface area contributed by atoms with E-state index in [9.17, 15) is 0 Å². The number of anilines is 2. The van der Waals surface area contributed by atoms with Gasteiger partial charge in [0.2, 0.25) is 0 Å². The van der Waals surface area contributed by atoms with Crippen molar-refractivity contribution in [3.63, 3.8) is 0 Å². The molecule has 0 atom stereocenters. The number of hydrogen-bond donors (Lipinski definition) is 1. The van der Waals surface area contributed by atoms with Crippen molar-refractivity contribution >= 4 is 23.0 Å². The Morgan fingerprint density at radius 1 is 1.20 bits per heavy atom. The number of nitrogens with zero attached hydrogens (tertiary/aromatic N) is 7. The summed E-state index contributed by atoms with van der Waals surface area (Å²) in [5.41, 5.74) is 2.80. The van der Waals surface area contributed by atoms with Gasteiger partial charge in [0, 0.05) is 32.9 Å². The van der Waals surface area contributed by atoms with E-state index in [0.717, 1.165) is 24.5 Å². The summed E-state index contributed by atoms with van der Waals surface area (Å²) in [6, 6.07) is 9.71. The lowest BCUT2D eigenvalue weighted by atomic mass is 10.2. The van der Waals surface area contributed by atoms with Crippen molar-refractivity contribution < 1.29 is 0 Å². The molecule has 1 aromatic heterocycles. The number of imidazole rings is 1. The monoisotopic (exact) mass is 336 g/mol. The molecule has 8 nitrogen and oxygen atoms in total. The normalized spacial score (nSPS) is 10.5. The molecule has 2 aromatic rings. The van der Waals surface area contributed by atoms with Crippen LogP contribution in [0, 0.1) is 22.7 Å². The van der Waals surface area contributed by atoms with E-state index in [4.69, 9.17) is 10.5 Å². The predicted molar refractivity (Wildman–Crippen MR) is 96.4 cm³/mol. The van der Waals surface area contributed by atoms with Gasteiger partial charge in [0.25, 0.3) is 5.95 Å². The third-order valence-corrected chi connectivity index (χ3v) is 3.91. The van der Waals surface area contributed by atoms with E-state index in [2.05, 4.69) is 39.3 Å². The lowest BCUT2D eigenvalue weighted by molar-refractivity contribution is 0.866. The highest BCUT2D eigenvalue weighted by atomic mass is 15.3. The van der Waals surface area contributed by atoms with E-state index >= 15 is 0 Å². The first kappa shape index (κ1) is 18.0. The van der Waals surface area contributed by atoms with Crippen molar-refractivity contribution in [2.24, 2.45) is 17.3 Å². The number of nitriles is 2. The Kier molecular flexibility index (Phi) is 5.70. The highest BCUT2D eigenvalue weighted by molar-refractivity contribution is 5.71. The summed E-state index contributed by atoms with van der Waals surface area (Å²) >= 11 is 0. The molecule has 1 heterocycles. The van der Waals surface area contributed by atoms with Crippen molar-refractivity contribution in [3.8, 4) is 12.1 Å². The quantitative estimate of drug-likeness (QED) is 0.813. The summed E-state index contributed by atoms with van der Waals surface area (Å²) in [5, 5.41) is 29.6. The van der Waals surface area contributed by atoms with Gasteiger partial charge in [-0.1, -0.05) is 0 Å². The van der Waals surface area contributed by atoms with Gasteiger partial charge in [0.1, 0.15) is 17.8 Å². The molecule has 0 unspecified atom stereocenters. The van der Waals surface area contributed by atoms with Gasteiger partial charge in [-0.3, -0.25) is 0 Å². The predicted octanol–water partition coefficient (Wildman–Crippen LogP) is 3.47. The van der Waals surface area contributed by atoms with E-state index in [1.54, 1.807) is 7.05 Å². The smallest absolute Gasteiger partial charge is 0.251 e. The zero-order valence-corrected chi connectivity index (χ0v) is 14.8.